The van der Waals surface area contributed by atoms with Crippen molar-refractivity contribution in [1.29, 1.82) is 0 Å². The zero-order valence-electron chi connectivity index (χ0n) is 12.6. The Morgan fingerprint density at radius 3 is 2.92 bits per heavy atom. The van der Waals surface area contributed by atoms with Crippen LogP contribution in [0.25, 0.3) is 5.65 Å². The standard InChI is InChI=1S/C16H14N4O3S/c21-13-7-14(22)20-5-4-10(6-12(20)18-13)15(23)19-16-17-11(8-24-16)9-2-1-3-9/h4-9,21H,1-3H2,(H,17,19,23). The number of hydrogen-bond donors (Lipinski definition) is 2. The summed E-state index contributed by atoms with van der Waals surface area (Å²) in [5.41, 5.74) is 1.18. The van der Waals surface area contributed by atoms with Crippen molar-refractivity contribution in [3.8, 4) is 5.88 Å². The molecule has 0 spiro atoms. The molecule has 0 atom stereocenters. The molecule has 0 saturated heterocycles. The number of fused-ring (bicyclic) bond motifs is 1. The highest BCUT2D eigenvalue weighted by atomic mass is 32.1. The molecule has 3 aromatic rings. The third kappa shape index (κ3) is 2.65. The van der Waals surface area contributed by atoms with Crippen molar-refractivity contribution in [3.63, 3.8) is 0 Å². The summed E-state index contributed by atoms with van der Waals surface area (Å²) in [4.78, 5) is 32.4. The Morgan fingerprint density at radius 1 is 1.33 bits per heavy atom. The molecule has 3 aromatic heterocycles. The van der Waals surface area contributed by atoms with Gasteiger partial charge in [-0.2, -0.15) is 4.98 Å². The highest BCUT2D eigenvalue weighted by Gasteiger charge is 2.22. The van der Waals surface area contributed by atoms with E-state index in [1.54, 1.807) is 0 Å². The van der Waals surface area contributed by atoms with Crippen LogP contribution in [0.4, 0.5) is 5.13 Å². The highest BCUT2D eigenvalue weighted by molar-refractivity contribution is 7.14. The van der Waals surface area contributed by atoms with Gasteiger partial charge in [0.05, 0.1) is 11.8 Å². The molecule has 24 heavy (non-hydrogen) atoms. The zero-order valence-corrected chi connectivity index (χ0v) is 13.4. The topological polar surface area (TPSA) is 96.6 Å². The van der Waals surface area contributed by atoms with Crippen LogP contribution < -0.4 is 10.9 Å². The molecule has 0 aliphatic heterocycles. The maximum atomic E-state index is 12.4. The predicted octanol–water partition coefficient (Wildman–Crippen LogP) is 2.38. The molecule has 2 N–H and O–H groups in total. The summed E-state index contributed by atoms with van der Waals surface area (Å²) in [7, 11) is 0. The molecule has 0 bridgehead atoms. The molecule has 122 valence electrons. The Kier molecular flexibility index (Phi) is 3.53. The lowest BCUT2D eigenvalue weighted by Gasteiger charge is -2.22. The van der Waals surface area contributed by atoms with Gasteiger partial charge in [-0.25, -0.2) is 4.98 Å². The van der Waals surface area contributed by atoms with Crippen molar-refractivity contribution >= 4 is 28.0 Å². The largest absolute Gasteiger partial charge is 0.493 e. The Labute approximate surface area is 140 Å². The minimum atomic E-state index is -0.408. The molecule has 1 saturated carbocycles. The van der Waals surface area contributed by atoms with Crippen LogP contribution in [0.5, 0.6) is 5.88 Å². The van der Waals surface area contributed by atoms with E-state index in [4.69, 9.17) is 0 Å². The lowest BCUT2D eigenvalue weighted by atomic mass is 9.83. The number of pyridine rings is 1. The molecular weight excluding hydrogens is 328 g/mol. The second-order valence-corrected chi connectivity index (χ2v) is 6.61. The second-order valence-electron chi connectivity index (χ2n) is 5.76. The van der Waals surface area contributed by atoms with E-state index in [1.165, 1.54) is 40.5 Å². The van der Waals surface area contributed by atoms with Gasteiger partial charge in [0.2, 0.25) is 5.88 Å². The number of amides is 1. The third-order valence-electron chi connectivity index (χ3n) is 4.18. The molecule has 1 aliphatic carbocycles. The second kappa shape index (κ2) is 5.72. The Bertz CT molecular complexity index is 990. The van der Waals surface area contributed by atoms with Crippen LogP contribution in [0.15, 0.2) is 34.6 Å². The van der Waals surface area contributed by atoms with Crippen LogP contribution in [0.2, 0.25) is 0 Å². The quantitative estimate of drug-likeness (QED) is 0.762. The Balaban J connectivity index is 1.58. The van der Waals surface area contributed by atoms with E-state index in [1.807, 2.05) is 5.38 Å². The lowest BCUT2D eigenvalue weighted by molar-refractivity contribution is 0.102. The summed E-state index contributed by atoms with van der Waals surface area (Å²) in [6.07, 6.45) is 5.01. The van der Waals surface area contributed by atoms with Crippen LogP contribution in [0.1, 0.15) is 41.2 Å². The van der Waals surface area contributed by atoms with E-state index in [0.717, 1.165) is 24.6 Å². The molecule has 7 nitrogen and oxygen atoms in total. The maximum Gasteiger partial charge on any atom is 0.261 e. The van der Waals surface area contributed by atoms with Crippen LogP contribution in [-0.2, 0) is 0 Å². The molecule has 8 heteroatoms. The van der Waals surface area contributed by atoms with Crippen molar-refractivity contribution in [2.75, 3.05) is 5.32 Å². The Morgan fingerprint density at radius 2 is 2.17 bits per heavy atom. The van der Waals surface area contributed by atoms with E-state index < -0.39 is 5.56 Å². The normalized spacial score (nSPS) is 14.5. The fourth-order valence-corrected chi connectivity index (χ4v) is 3.42. The van der Waals surface area contributed by atoms with Crippen molar-refractivity contribution in [3.05, 3.63) is 51.4 Å². The number of anilines is 1. The van der Waals surface area contributed by atoms with Gasteiger partial charge in [-0.15, -0.1) is 11.3 Å². The first-order chi connectivity index (χ1) is 11.6. The van der Waals surface area contributed by atoms with Gasteiger partial charge >= 0.3 is 0 Å². The average molecular weight is 342 g/mol. The van der Waals surface area contributed by atoms with Crippen LogP contribution in [0.3, 0.4) is 0 Å². The van der Waals surface area contributed by atoms with Crippen LogP contribution in [0, 0.1) is 0 Å². The number of carbonyl (C=O) groups excluding carboxylic acids is 1. The third-order valence-corrected chi connectivity index (χ3v) is 4.96. The molecule has 1 amide bonds. The van der Waals surface area contributed by atoms with Crippen molar-refractivity contribution in [2.45, 2.75) is 25.2 Å². The summed E-state index contributed by atoms with van der Waals surface area (Å²) >= 11 is 1.40. The predicted molar refractivity (Wildman–Crippen MR) is 89.8 cm³/mol. The molecule has 0 unspecified atom stereocenters. The molecule has 1 fully saturated rings. The highest BCUT2D eigenvalue weighted by Crippen LogP contribution is 2.37. The van der Waals surface area contributed by atoms with Gasteiger partial charge in [0.15, 0.2) is 5.13 Å². The maximum absolute atomic E-state index is 12.4. The number of aromatic nitrogens is 3. The molecule has 1 aliphatic rings. The van der Waals surface area contributed by atoms with E-state index in [-0.39, 0.29) is 17.4 Å². The minimum Gasteiger partial charge on any atom is -0.493 e. The number of nitrogens with one attached hydrogen (secondary N) is 1. The molecule has 0 radical (unpaired) electrons. The monoisotopic (exact) mass is 342 g/mol. The van der Waals surface area contributed by atoms with Gasteiger partial charge in [0, 0.05) is 23.1 Å². The number of nitrogens with zero attached hydrogens (tertiary/aromatic N) is 3. The first-order valence-electron chi connectivity index (χ1n) is 7.59. The SMILES string of the molecule is O=C(Nc1nc(C2CCC2)cs1)c1ccn2c(=O)cc(O)nc2c1. The van der Waals surface area contributed by atoms with Crippen molar-refractivity contribution in [2.24, 2.45) is 0 Å². The van der Waals surface area contributed by atoms with E-state index in [2.05, 4.69) is 15.3 Å². The van der Waals surface area contributed by atoms with Crippen LogP contribution >= 0.6 is 11.3 Å². The van der Waals surface area contributed by atoms with Gasteiger partial charge in [-0.1, -0.05) is 6.42 Å². The number of hydrogen-bond acceptors (Lipinski definition) is 6. The van der Waals surface area contributed by atoms with Gasteiger partial charge in [0.1, 0.15) is 5.65 Å². The minimum absolute atomic E-state index is 0.210. The first-order valence-corrected chi connectivity index (χ1v) is 8.47. The van der Waals surface area contributed by atoms with Gasteiger partial charge in [-0.3, -0.25) is 19.3 Å². The van der Waals surface area contributed by atoms with Gasteiger partial charge in [-0.05, 0) is 25.0 Å². The lowest BCUT2D eigenvalue weighted by Crippen LogP contribution is -2.16. The summed E-state index contributed by atoms with van der Waals surface area (Å²) in [5.74, 6) is -0.182. The smallest absolute Gasteiger partial charge is 0.261 e. The van der Waals surface area contributed by atoms with E-state index >= 15 is 0 Å². The number of rotatable bonds is 3. The molecule has 0 aromatic carbocycles. The average Bonchev–Trinajstić information content (AvgIpc) is 2.92. The summed E-state index contributed by atoms with van der Waals surface area (Å²) in [6, 6.07) is 4.00. The first kappa shape index (κ1) is 14.8. The fourth-order valence-electron chi connectivity index (χ4n) is 2.64. The van der Waals surface area contributed by atoms with Crippen molar-refractivity contribution < 1.29 is 9.90 Å². The summed E-state index contributed by atoms with van der Waals surface area (Å²) < 4.78 is 1.26. The van der Waals surface area contributed by atoms with Crippen LogP contribution in [-0.4, -0.2) is 25.4 Å². The molecular formula is C16H14N4O3S. The van der Waals surface area contributed by atoms with Gasteiger partial charge in [0.25, 0.3) is 11.5 Å². The Hall–Kier alpha value is -2.74. The fraction of sp³-hybridized carbons (Fsp3) is 0.250. The number of carbonyl (C=O) groups is 1. The molecule has 3 heterocycles. The van der Waals surface area contributed by atoms with E-state index in [0.29, 0.717) is 16.6 Å². The van der Waals surface area contributed by atoms with Gasteiger partial charge < -0.3 is 5.11 Å². The zero-order chi connectivity index (χ0) is 16.7. The molecule has 4 rings (SSSR count). The summed E-state index contributed by atoms with van der Waals surface area (Å²) in [6.45, 7) is 0. The summed E-state index contributed by atoms with van der Waals surface area (Å²) in [5, 5.41) is 14.7. The van der Waals surface area contributed by atoms with Crippen molar-refractivity contribution in [1.82, 2.24) is 14.4 Å². The van der Waals surface area contributed by atoms with E-state index in [9.17, 15) is 14.7 Å². The number of thiazole rings is 1. The number of aromatic hydroxyl groups is 1.